The number of aliphatic hydroxyl groups is 1. The summed E-state index contributed by atoms with van der Waals surface area (Å²) in [5.74, 6) is 0.647. The van der Waals surface area contributed by atoms with E-state index in [-0.39, 0.29) is 11.3 Å². The van der Waals surface area contributed by atoms with Gasteiger partial charge in [-0.25, -0.2) is 0 Å². The average Bonchev–Trinajstić information content (AvgIpc) is 3.23. The molecule has 3 rings (SSSR count). The van der Waals surface area contributed by atoms with Crippen molar-refractivity contribution in [1.29, 1.82) is 0 Å². The first kappa shape index (κ1) is 32.0. The van der Waals surface area contributed by atoms with Gasteiger partial charge in [-0.05, 0) is 74.6 Å². The lowest BCUT2D eigenvalue weighted by Gasteiger charge is -2.27. The molecule has 1 aliphatic heterocycles. The molecule has 0 bridgehead atoms. The number of ether oxygens (including phenoxy) is 3. The summed E-state index contributed by atoms with van der Waals surface area (Å²) in [5, 5.41) is 11.5. The minimum atomic E-state index is -0.773. The van der Waals surface area contributed by atoms with Gasteiger partial charge in [-0.15, -0.1) is 0 Å². The van der Waals surface area contributed by atoms with Gasteiger partial charge in [0.2, 0.25) is 0 Å². The molecule has 1 N–H and O–H groups in total. The number of aliphatic hydroxyl groups excluding tert-OH is 1. The van der Waals surface area contributed by atoms with Crippen LogP contribution in [0.2, 0.25) is 0 Å². The Bertz CT molecular complexity index is 1200. The number of benzene rings is 2. The van der Waals surface area contributed by atoms with E-state index in [1.807, 2.05) is 19.1 Å². The number of carbonyl (C=O) groups is 2. The van der Waals surface area contributed by atoms with Crippen molar-refractivity contribution >= 4 is 17.4 Å². The van der Waals surface area contributed by atoms with Crippen LogP contribution in [0.1, 0.15) is 71.0 Å². The first-order valence-electron chi connectivity index (χ1n) is 14.8. The van der Waals surface area contributed by atoms with Gasteiger partial charge in [0, 0.05) is 12.1 Å². The smallest absolute Gasteiger partial charge is 0.295 e. The molecule has 2 aromatic carbocycles. The van der Waals surface area contributed by atoms with Crippen molar-refractivity contribution in [3.8, 4) is 17.2 Å². The standard InChI is InChI=1S/C33H46N2O6/c1-7-19-40-26-13-10-12-25(21-26)31(36)29-30(35(33(38)32(29)37)18-11-17-34(8-2)9-3)24-14-15-27(28(22-24)39-6)41-20-16-23(4)5/h10,12-15,21-23,30,36H,7-9,11,16-20H2,1-6H3/b31-29+. The summed E-state index contributed by atoms with van der Waals surface area (Å²) in [6, 6.07) is 11.7. The van der Waals surface area contributed by atoms with Crippen molar-refractivity contribution in [3.63, 3.8) is 0 Å². The molecule has 0 radical (unpaired) electrons. The van der Waals surface area contributed by atoms with E-state index in [1.54, 1.807) is 42.3 Å². The molecule has 8 heteroatoms. The summed E-state index contributed by atoms with van der Waals surface area (Å²) < 4.78 is 17.4. The van der Waals surface area contributed by atoms with E-state index < -0.39 is 17.7 Å². The van der Waals surface area contributed by atoms with Gasteiger partial charge >= 0.3 is 0 Å². The number of Topliss-reactive ketones (excluding diaryl/α,β-unsaturated/α-hetero) is 1. The van der Waals surface area contributed by atoms with Gasteiger partial charge in [0.1, 0.15) is 11.5 Å². The minimum absolute atomic E-state index is 0.0565. The molecule has 0 aromatic heterocycles. The third-order valence-corrected chi connectivity index (χ3v) is 7.34. The highest BCUT2D eigenvalue weighted by Gasteiger charge is 2.46. The van der Waals surface area contributed by atoms with Crippen molar-refractivity contribution < 1.29 is 28.9 Å². The molecule has 1 amide bonds. The number of ketones is 1. The van der Waals surface area contributed by atoms with Gasteiger partial charge in [-0.2, -0.15) is 0 Å². The Hall–Kier alpha value is -3.52. The van der Waals surface area contributed by atoms with Gasteiger partial charge < -0.3 is 29.1 Å². The largest absolute Gasteiger partial charge is 0.507 e. The molecule has 224 valence electrons. The molecule has 1 heterocycles. The van der Waals surface area contributed by atoms with Crippen LogP contribution in [0.4, 0.5) is 0 Å². The molecular weight excluding hydrogens is 520 g/mol. The average molecular weight is 567 g/mol. The molecule has 1 unspecified atom stereocenters. The van der Waals surface area contributed by atoms with Crippen molar-refractivity contribution in [3.05, 3.63) is 59.2 Å². The van der Waals surface area contributed by atoms with Crippen LogP contribution in [0.25, 0.3) is 5.76 Å². The van der Waals surface area contributed by atoms with Crippen LogP contribution in [-0.4, -0.2) is 73.1 Å². The molecule has 0 spiro atoms. The summed E-state index contributed by atoms with van der Waals surface area (Å²) in [4.78, 5) is 30.8. The molecule has 0 saturated carbocycles. The number of nitrogens with zero attached hydrogens (tertiary/aromatic N) is 2. The third-order valence-electron chi connectivity index (χ3n) is 7.34. The second-order valence-corrected chi connectivity index (χ2v) is 10.7. The molecule has 8 nitrogen and oxygen atoms in total. The van der Waals surface area contributed by atoms with Gasteiger partial charge in [0.15, 0.2) is 11.5 Å². The first-order chi connectivity index (χ1) is 19.7. The van der Waals surface area contributed by atoms with Crippen LogP contribution in [-0.2, 0) is 9.59 Å². The van der Waals surface area contributed by atoms with E-state index in [4.69, 9.17) is 14.2 Å². The van der Waals surface area contributed by atoms with Crippen molar-refractivity contribution in [2.45, 2.75) is 59.9 Å². The maximum Gasteiger partial charge on any atom is 0.295 e. The zero-order valence-corrected chi connectivity index (χ0v) is 25.4. The quantitative estimate of drug-likeness (QED) is 0.150. The SMILES string of the molecule is CCCOc1cccc(/C(O)=C2\C(=O)C(=O)N(CCCN(CC)CC)C2c2ccc(OCCC(C)C)c(OC)c2)c1. The van der Waals surface area contributed by atoms with E-state index in [9.17, 15) is 14.7 Å². The van der Waals surface area contributed by atoms with E-state index in [0.717, 1.165) is 32.5 Å². The van der Waals surface area contributed by atoms with Crippen LogP contribution in [0.15, 0.2) is 48.0 Å². The lowest BCUT2D eigenvalue weighted by atomic mass is 9.95. The monoisotopic (exact) mass is 566 g/mol. The zero-order valence-electron chi connectivity index (χ0n) is 25.4. The predicted molar refractivity (Wildman–Crippen MR) is 162 cm³/mol. The molecule has 0 aliphatic carbocycles. The highest BCUT2D eigenvalue weighted by atomic mass is 16.5. The van der Waals surface area contributed by atoms with Gasteiger partial charge in [-0.1, -0.05) is 52.8 Å². The van der Waals surface area contributed by atoms with Crippen molar-refractivity contribution in [2.24, 2.45) is 5.92 Å². The molecular formula is C33H46N2O6. The van der Waals surface area contributed by atoms with Crippen LogP contribution in [0.3, 0.4) is 0 Å². The van der Waals surface area contributed by atoms with Gasteiger partial charge in [0.05, 0.1) is 31.9 Å². The normalized spacial score (nSPS) is 16.6. The Balaban J connectivity index is 2.05. The lowest BCUT2D eigenvalue weighted by molar-refractivity contribution is -0.140. The molecule has 2 aromatic rings. The topological polar surface area (TPSA) is 88.5 Å². The molecule has 1 atom stereocenters. The Kier molecular flexibility index (Phi) is 12.1. The third kappa shape index (κ3) is 8.03. The molecule has 1 saturated heterocycles. The number of rotatable bonds is 16. The Morgan fingerprint density at radius 3 is 2.41 bits per heavy atom. The van der Waals surface area contributed by atoms with E-state index >= 15 is 0 Å². The van der Waals surface area contributed by atoms with Crippen LogP contribution >= 0.6 is 0 Å². The fourth-order valence-electron chi connectivity index (χ4n) is 4.95. The Morgan fingerprint density at radius 2 is 1.76 bits per heavy atom. The molecule has 1 aliphatic rings. The highest BCUT2D eigenvalue weighted by molar-refractivity contribution is 6.46. The van der Waals surface area contributed by atoms with Crippen LogP contribution in [0.5, 0.6) is 17.2 Å². The molecule has 1 fully saturated rings. The van der Waals surface area contributed by atoms with Crippen molar-refractivity contribution in [2.75, 3.05) is 46.5 Å². The van der Waals surface area contributed by atoms with Gasteiger partial charge in [-0.3, -0.25) is 9.59 Å². The number of hydrogen-bond acceptors (Lipinski definition) is 7. The molecule has 41 heavy (non-hydrogen) atoms. The fraction of sp³-hybridized carbons (Fsp3) is 0.515. The summed E-state index contributed by atoms with van der Waals surface area (Å²) in [7, 11) is 1.57. The summed E-state index contributed by atoms with van der Waals surface area (Å²) >= 11 is 0. The number of hydrogen-bond donors (Lipinski definition) is 1. The summed E-state index contributed by atoms with van der Waals surface area (Å²) in [6.45, 7) is 14.6. The van der Waals surface area contributed by atoms with Crippen LogP contribution < -0.4 is 14.2 Å². The fourth-order valence-corrected chi connectivity index (χ4v) is 4.95. The summed E-state index contributed by atoms with van der Waals surface area (Å²) in [6.07, 6.45) is 2.44. The van der Waals surface area contributed by atoms with E-state index in [2.05, 4.69) is 32.6 Å². The number of likely N-dealkylation sites (tertiary alicyclic amines) is 1. The Morgan fingerprint density at radius 1 is 1.00 bits per heavy atom. The number of carbonyl (C=O) groups excluding carboxylic acids is 2. The van der Waals surface area contributed by atoms with E-state index in [0.29, 0.717) is 60.5 Å². The first-order valence-corrected chi connectivity index (χ1v) is 14.8. The Labute approximate surface area is 244 Å². The second-order valence-electron chi connectivity index (χ2n) is 10.7. The predicted octanol–water partition coefficient (Wildman–Crippen LogP) is 6.06. The maximum atomic E-state index is 13.5. The van der Waals surface area contributed by atoms with E-state index in [1.165, 1.54) is 0 Å². The zero-order chi connectivity index (χ0) is 29.9. The number of methoxy groups -OCH3 is 1. The second kappa shape index (κ2) is 15.5. The lowest BCUT2D eigenvalue weighted by Crippen LogP contribution is -2.33. The van der Waals surface area contributed by atoms with Crippen LogP contribution in [0, 0.1) is 5.92 Å². The van der Waals surface area contributed by atoms with Gasteiger partial charge in [0.25, 0.3) is 11.7 Å². The van der Waals surface area contributed by atoms with Crippen molar-refractivity contribution in [1.82, 2.24) is 9.80 Å². The number of amides is 1. The highest BCUT2D eigenvalue weighted by Crippen LogP contribution is 2.42. The summed E-state index contributed by atoms with van der Waals surface area (Å²) in [5.41, 5.74) is 1.14. The maximum absolute atomic E-state index is 13.5. The minimum Gasteiger partial charge on any atom is -0.507 e.